The van der Waals surface area contributed by atoms with E-state index >= 15 is 0 Å². The normalized spacial score (nSPS) is 26.3. The summed E-state index contributed by atoms with van der Waals surface area (Å²) >= 11 is 7.08. The minimum absolute atomic E-state index is 0.0983. The number of hydrogen-bond acceptors (Lipinski definition) is 13. The van der Waals surface area contributed by atoms with Crippen LogP contribution in [-0.4, -0.2) is 83.2 Å². The first kappa shape index (κ1) is 101. The van der Waals surface area contributed by atoms with E-state index in [0.29, 0.717) is 33.0 Å². The number of benzene rings is 4. The van der Waals surface area contributed by atoms with Gasteiger partial charge in [-0.15, -0.1) is 0 Å². The number of alkyl halides is 2. The molecule has 708 valence electrons. The lowest BCUT2D eigenvalue weighted by Gasteiger charge is -2.38. The molecule has 4 heterocycles. The number of unbranched alkanes of at least 4 members (excludes halogenated alkanes) is 14. The summed E-state index contributed by atoms with van der Waals surface area (Å²) in [4.78, 5) is 31.8. The molecule has 13 nitrogen and oxygen atoms in total. The second-order valence-electron chi connectivity index (χ2n) is 40.6. The molecule has 6 fully saturated rings. The van der Waals surface area contributed by atoms with Gasteiger partial charge in [-0.2, -0.15) is 5.26 Å². The third-order valence-electron chi connectivity index (χ3n) is 31.6. The Bertz CT molecular complexity index is 5050. The summed E-state index contributed by atoms with van der Waals surface area (Å²) in [5, 5.41) is 56.6. The molecule has 18 atom stereocenters. The smallest absolute Gasteiger partial charge is 0.150 e. The van der Waals surface area contributed by atoms with E-state index in [1.54, 1.807) is 67.3 Å². The maximum Gasteiger partial charge on any atom is 0.150 e. The van der Waals surface area contributed by atoms with Crippen molar-refractivity contribution in [2.45, 2.75) is 276 Å². The molecule has 7 N–H and O–H groups in total. The molecule has 18 aliphatic carbocycles. The summed E-state index contributed by atoms with van der Waals surface area (Å²) in [5.41, 5.74) is 10.7. The highest BCUT2D eigenvalue weighted by Crippen LogP contribution is 2.48. The van der Waals surface area contributed by atoms with Gasteiger partial charge in [0.25, 0.3) is 0 Å². The molecule has 18 aliphatic rings. The van der Waals surface area contributed by atoms with Crippen LogP contribution in [0.2, 0.25) is 0 Å². The zero-order chi connectivity index (χ0) is 91.7. The molecule has 15 heteroatoms. The summed E-state index contributed by atoms with van der Waals surface area (Å²) < 4.78 is 0. The van der Waals surface area contributed by atoms with Gasteiger partial charge < -0.3 is 31.5 Å². The number of aromatic hydroxyl groups is 4. The SMILES string of the molecule is BrCC1CC2C=CC1CC2.BrCCCCCC1CC2C=CC1CC2.N#CCCCCCC1CC2C=CC1CC2.NCCCCCCC1CC2C=CC1CC2.O=Cc1ccc(O)c2ncccc12.Oc1ccc(C=NCCCCCCC2CC3C=CC2CC3)c2cccnc12.Oc1ccc(CNCCCCCCC2CC3C=CC2CC3)c2cccnc12.Oc1cccc2cccnc12. The number of nitrogens with zero attached hydrogens (tertiary/aromatic N) is 6. The maximum absolute atomic E-state index is 10.6. The number of halogens is 2. The van der Waals surface area contributed by atoms with Crippen molar-refractivity contribution in [2.75, 3.05) is 30.3 Å². The Morgan fingerprint density at radius 1 is 0.379 bits per heavy atom. The number of aliphatic imine (C=N–C) groups is 1. The quantitative estimate of drug-likeness (QED) is 0.00718. The van der Waals surface area contributed by atoms with Crippen molar-refractivity contribution in [2.24, 2.45) is 117 Å². The van der Waals surface area contributed by atoms with E-state index in [1.807, 2.05) is 60.8 Å². The van der Waals surface area contributed by atoms with Crippen molar-refractivity contribution in [3.8, 4) is 29.1 Å². The van der Waals surface area contributed by atoms with E-state index in [4.69, 9.17) is 11.0 Å². The Balaban J connectivity index is 0.000000132. The molecular formula is C117H156Br2N8O5. The molecule has 0 spiro atoms. The number of nitriles is 1. The van der Waals surface area contributed by atoms with Crippen molar-refractivity contribution in [3.05, 3.63) is 218 Å². The van der Waals surface area contributed by atoms with Gasteiger partial charge in [-0.3, -0.25) is 29.7 Å². The number of rotatable bonds is 35. The molecule has 8 aromatic rings. The van der Waals surface area contributed by atoms with Gasteiger partial charge in [-0.05, 0) is 366 Å². The van der Waals surface area contributed by atoms with E-state index in [9.17, 15) is 25.2 Å². The van der Waals surface area contributed by atoms with Crippen LogP contribution in [0.3, 0.4) is 0 Å². The van der Waals surface area contributed by atoms with E-state index in [0.717, 1.165) is 180 Å². The number of carbonyl (C=O) groups is 1. The first-order valence-electron chi connectivity index (χ1n) is 52.1. The molecule has 0 aliphatic heterocycles. The second-order valence-corrected chi connectivity index (χ2v) is 42.1. The standard InChI is InChI=1S/C24H32N2O.C24H30N2O.C14H25N.C14H21N.C13H21Br.C10H7NO2.C9H13Br.C9H7NO/c2*27-23-13-12-21(22-7-5-15-26-24(22)23)17-25-14-4-2-1-3-6-20-16-18-8-10-19(20)11-9-18;2*15-10-4-2-1-3-5-14-11-12-6-8-13(14)9-7-12;14-9-3-1-2-4-13-10-11-5-7-12(13)8-6-11;12-6-7-3-4-9(13)10-8(7)2-1-5-11-10;10-6-9-5-7-1-3-8(9)4-2-7;11-8-5-1-3-7-4-2-6-10-9(7)8/h5,7-8,10,12-13,15,18-20,25,27H,1-4,6,9,11,14,16-17H2;5,7-8,10,12-13,15,17-20,27H,1-4,6,9,11,14,16H2;6,8,12-14H,1-5,7,9-11,15H2;6,8,12-14H,1-5,7,9,11H2;5,7,11-13H,1-4,6,8-10H2;1-6,13H;1,3,7-9H,2,4-6H2;1-6,11H. The van der Waals surface area contributed by atoms with Crippen LogP contribution in [0, 0.1) is 118 Å². The Morgan fingerprint density at radius 3 is 1.14 bits per heavy atom. The summed E-state index contributed by atoms with van der Waals surface area (Å²) in [6.07, 6.45) is 96.9. The number of aromatic nitrogens is 4. The molecule has 132 heavy (non-hydrogen) atoms. The Hall–Kier alpha value is -8.13. The minimum atomic E-state index is 0.0983. The largest absolute Gasteiger partial charge is 0.506 e. The fourth-order valence-corrected chi connectivity index (χ4v) is 25.1. The van der Waals surface area contributed by atoms with Gasteiger partial charge in [0.05, 0.1) is 6.07 Å². The Morgan fingerprint density at radius 2 is 0.742 bits per heavy atom. The van der Waals surface area contributed by atoms with Gasteiger partial charge in [0.2, 0.25) is 0 Å². The number of nitrogens with two attached hydrogens (primary N) is 1. The van der Waals surface area contributed by atoms with Crippen molar-refractivity contribution in [1.29, 1.82) is 5.26 Å². The van der Waals surface area contributed by atoms with E-state index < -0.39 is 0 Å². The molecule has 4 aromatic heterocycles. The summed E-state index contributed by atoms with van der Waals surface area (Å²) in [5.74, 6) is 17.7. The van der Waals surface area contributed by atoms with Crippen LogP contribution in [0.1, 0.15) is 291 Å². The van der Waals surface area contributed by atoms with Crippen LogP contribution in [0.5, 0.6) is 23.0 Å². The number of pyridine rings is 4. The number of nitrogens with one attached hydrogen (secondary N) is 1. The van der Waals surface area contributed by atoms with Crippen molar-refractivity contribution < 1.29 is 25.2 Å². The number of para-hydroxylation sites is 1. The van der Waals surface area contributed by atoms with Crippen LogP contribution in [0.25, 0.3) is 43.6 Å². The monoisotopic (exact) mass is 1910 g/mol. The molecule has 26 rings (SSSR count). The average Bonchev–Trinajstić information content (AvgIpc) is 0.810. The van der Waals surface area contributed by atoms with E-state index in [-0.39, 0.29) is 23.0 Å². The fraction of sp³-hybridized carbons (Fsp3) is 0.564. The topological polar surface area (TPSA) is 224 Å². The summed E-state index contributed by atoms with van der Waals surface area (Å²) in [6, 6.07) is 33.1. The third kappa shape index (κ3) is 31.2. The van der Waals surface area contributed by atoms with Gasteiger partial charge in [0.1, 0.15) is 45.1 Å². The van der Waals surface area contributed by atoms with Gasteiger partial charge >= 0.3 is 0 Å². The lowest BCUT2D eigenvalue weighted by molar-refractivity contribution is 0.112. The maximum atomic E-state index is 10.6. The number of phenolic OH excluding ortho intramolecular Hbond substituents is 4. The van der Waals surface area contributed by atoms with Crippen LogP contribution in [0.15, 0.2) is 206 Å². The molecule has 0 radical (unpaired) electrons. The highest BCUT2D eigenvalue weighted by atomic mass is 79.9. The Kier molecular flexibility index (Phi) is 42.8. The third-order valence-corrected chi connectivity index (χ3v) is 32.9. The van der Waals surface area contributed by atoms with Gasteiger partial charge in [-0.25, -0.2) is 0 Å². The van der Waals surface area contributed by atoms with Gasteiger partial charge in [-0.1, -0.05) is 231 Å². The molecule has 0 saturated heterocycles. The predicted molar refractivity (Wildman–Crippen MR) is 557 cm³/mol. The number of allylic oxidation sites excluding steroid dienone is 12. The lowest BCUT2D eigenvalue weighted by Crippen LogP contribution is -2.27. The highest BCUT2D eigenvalue weighted by Gasteiger charge is 2.36. The zero-order valence-electron chi connectivity index (χ0n) is 79.3. The molecule has 0 amide bonds. The van der Waals surface area contributed by atoms with E-state index in [1.165, 1.54) is 273 Å². The second kappa shape index (κ2) is 55.8. The van der Waals surface area contributed by atoms with Crippen LogP contribution in [-0.2, 0) is 6.54 Å². The number of aldehydes is 1. The number of fused-ring (bicyclic) bond motifs is 16. The first-order chi connectivity index (χ1) is 64.9. The first-order valence-corrected chi connectivity index (χ1v) is 54.3. The number of carbonyl (C=O) groups excluding carboxylic acids is 1. The molecule has 4 aromatic carbocycles. The molecule has 18 unspecified atom stereocenters. The van der Waals surface area contributed by atoms with Crippen molar-refractivity contribution in [1.82, 2.24) is 25.3 Å². The highest BCUT2D eigenvalue weighted by molar-refractivity contribution is 9.09. The molecule has 6 saturated carbocycles. The van der Waals surface area contributed by atoms with Crippen LogP contribution >= 0.6 is 31.9 Å². The van der Waals surface area contributed by atoms with E-state index in [2.05, 4.69) is 141 Å². The van der Waals surface area contributed by atoms with Crippen molar-refractivity contribution in [3.63, 3.8) is 0 Å². The summed E-state index contributed by atoms with van der Waals surface area (Å²) in [6.45, 7) is 3.63. The van der Waals surface area contributed by atoms with Gasteiger partial charge in [0.15, 0.2) is 6.29 Å². The summed E-state index contributed by atoms with van der Waals surface area (Å²) in [7, 11) is 0. The lowest BCUT2D eigenvalue weighted by atomic mass is 9.67. The number of phenols is 4. The van der Waals surface area contributed by atoms with Crippen molar-refractivity contribution >= 4 is 88.0 Å². The van der Waals surface area contributed by atoms with Gasteiger partial charge in [0, 0.05) is 93.8 Å². The number of hydrogen-bond donors (Lipinski definition) is 6. The average molecular weight is 1910 g/mol. The van der Waals surface area contributed by atoms with Crippen LogP contribution in [0.4, 0.5) is 0 Å². The Labute approximate surface area is 808 Å². The van der Waals surface area contributed by atoms with Crippen LogP contribution < -0.4 is 11.1 Å². The molecular weight excluding hydrogens is 1760 g/mol. The predicted octanol–water partition coefficient (Wildman–Crippen LogP) is 30.3. The fourth-order valence-electron chi connectivity index (χ4n) is 23.9. The molecule has 12 bridgehead atoms. The zero-order valence-corrected chi connectivity index (χ0v) is 82.4. The minimum Gasteiger partial charge on any atom is -0.506 e.